The van der Waals surface area contributed by atoms with Crippen LogP contribution in [0.2, 0.25) is 5.02 Å². The first-order valence-corrected chi connectivity index (χ1v) is 8.31. The molecule has 0 saturated carbocycles. The molecule has 1 unspecified atom stereocenters. The van der Waals surface area contributed by atoms with E-state index < -0.39 is 5.97 Å². The van der Waals surface area contributed by atoms with Crippen molar-refractivity contribution in [2.24, 2.45) is 0 Å². The molecule has 0 saturated heterocycles. The fraction of sp³-hybridized carbons (Fsp3) is 0.353. The van der Waals surface area contributed by atoms with E-state index >= 15 is 0 Å². The highest BCUT2D eigenvalue weighted by Gasteiger charge is 2.23. The standard InChI is InChI=1S/C17H18ClN3O4/c18-12-3-1-11(2-4-12)14-8-19-15-10-25-13(9-21(14)15)7-20-16(22)5-6-17(23)24/h1-4,8,13H,5-7,9-10H2,(H,20,22)(H,23,24). The van der Waals surface area contributed by atoms with Crippen LogP contribution >= 0.6 is 11.6 Å². The summed E-state index contributed by atoms with van der Waals surface area (Å²) in [5.74, 6) is -0.446. The molecule has 0 bridgehead atoms. The number of halogens is 1. The zero-order valence-corrected chi connectivity index (χ0v) is 14.2. The van der Waals surface area contributed by atoms with Crippen molar-refractivity contribution in [3.63, 3.8) is 0 Å². The average molecular weight is 364 g/mol. The van der Waals surface area contributed by atoms with Gasteiger partial charge in [-0.1, -0.05) is 23.7 Å². The van der Waals surface area contributed by atoms with Crippen molar-refractivity contribution in [3.05, 3.63) is 41.3 Å². The van der Waals surface area contributed by atoms with E-state index in [1.165, 1.54) is 0 Å². The van der Waals surface area contributed by atoms with Crippen molar-refractivity contribution in [2.75, 3.05) is 6.54 Å². The first kappa shape index (κ1) is 17.4. The van der Waals surface area contributed by atoms with Crippen LogP contribution in [-0.2, 0) is 27.5 Å². The number of rotatable bonds is 6. The molecule has 1 aromatic heterocycles. The molecule has 3 rings (SSSR count). The number of hydrogen-bond acceptors (Lipinski definition) is 4. The lowest BCUT2D eigenvalue weighted by Crippen LogP contribution is -2.39. The first-order valence-electron chi connectivity index (χ1n) is 7.93. The van der Waals surface area contributed by atoms with Gasteiger partial charge in [-0.3, -0.25) is 9.59 Å². The van der Waals surface area contributed by atoms with E-state index in [2.05, 4.69) is 14.9 Å². The summed E-state index contributed by atoms with van der Waals surface area (Å²) in [6.07, 6.45) is 1.40. The molecule has 1 amide bonds. The Morgan fingerprint density at radius 2 is 2.08 bits per heavy atom. The largest absolute Gasteiger partial charge is 0.481 e. The minimum atomic E-state index is -0.986. The third-order valence-corrected chi connectivity index (χ3v) is 4.26. The number of hydrogen-bond donors (Lipinski definition) is 2. The second kappa shape index (κ2) is 7.67. The minimum absolute atomic E-state index is 0.0333. The molecule has 8 heteroatoms. The second-order valence-electron chi connectivity index (χ2n) is 5.81. The molecular weight excluding hydrogens is 346 g/mol. The van der Waals surface area contributed by atoms with Gasteiger partial charge in [0, 0.05) is 18.0 Å². The maximum Gasteiger partial charge on any atom is 0.303 e. The van der Waals surface area contributed by atoms with E-state index in [4.69, 9.17) is 21.4 Å². The highest BCUT2D eigenvalue weighted by molar-refractivity contribution is 6.30. The summed E-state index contributed by atoms with van der Waals surface area (Å²) < 4.78 is 7.78. The summed E-state index contributed by atoms with van der Waals surface area (Å²) in [6.45, 7) is 1.26. The number of carboxylic acids is 1. The van der Waals surface area contributed by atoms with Gasteiger partial charge in [-0.15, -0.1) is 0 Å². The Hall–Kier alpha value is -2.38. The number of carboxylic acid groups (broad SMARTS) is 1. The molecule has 2 heterocycles. The highest BCUT2D eigenvalue weighted by Crippen LogP contribution is 2.25. The van der Waals surface area contributed by atoms with Crippen molar-refractivity contribution in [2.45, 2.75) is 32.1 Å². The Morgan fingerprint density at radius 1 is 1.32 bits per heavy atom. The van der Waals surface area contributed by atoms with Gasteiger partial charge in [-0.05, 0) is 17.7 Å². The van der Waals surface area contributed by atoms with Crippen LogP contribution in [0.15, 0.2) is 30.5 Å². The van der Waals surface area contributed by atoms with Crippen molar-refractivity contribution in [3.8, 4) is 11.3 Å². The number of imidazole rings is 1. The summed E-state index contributed by atoms with van der Waals surface area (Å²) in [6, 6.07) is 7.53. The van der Waals surface area contributed by atoms with Crippen LogP contribution in [-0.4, -0.2) is 39.2 Å². The highest BCUT2D eigenvalue weighted by atomic mass is 35.5. The molecule has 2 N–H and O–H groups in total. The van der Waals surface area contributed by atoms with Gasteiger partial charge >= 0.3 is 5.97 Å². The van der Waals surface area contributed by atoms with Crippen molar-refractivity contribution >= 4 is 23.5 Å². The third kappa shape index (κ3) is 4.37. The number of aromatic nitrogens is 2. The summed E-state index contributed by atoms with van der Waals surface area (Å²) in [4.78, 5) is 26.5. The monoisotopic (exact) mass is 363 g/mol. The third-order valence-electron chi connectivity index (χ3n) is 4.01. The predicted octanol–water partition coefficient (Wildman–Crippen LogP) is 2.08. The molecule has 1 aromatic carbocycles. The molecule has 7 nitrogen and oxygen atoms in total. The number of carbonyl (C=O) groups is 2. The first-order chi connectivity index (χ1) is 12.0. The number of fused-ring (bicyclic) bond motifs is 1. The summed E-state index contributed by atoms with van der Waals surface area (Å²) in [5.41, 5.74) is 1.98. The molecule has 2 aromatic rings. The number of nitrogens with zero attached hydrogens (tertiary/aromatic N) is 2. The van der Waals surface area contributed by atoms with Gasteiger partial charge in [0.15, 0.2) is 0 Å². The van der Waals surface area contributed by atoms with Gasteiger partial charge < -0.3 is 19.7 Å². The van der Waals surface area contributed by atoms with Gasteiger partial charge in [0.05, 0.1) is 31.0 Å². The fourth-order valence-electron chi connectivity index (χ4n) is 2.69. The van der Waals surface area contributed by atoms with E-state index in [9.17, 15) is 9.59 Å². The van der Waals surface area contributed by atoms with E-state index in [-0.39, 0.29) is 24.9 Å². The quantitative estimate of drug-likeness (QED) is 0.819. The second-order valence-corrected chi connectivity index (χ2v) is 6.24. The molecule has 132 valence electrons. The summed E-state index contributed by atoms with van der Waals surface area (Å²) in [7, 11) is 0. The molecule has 0 aliphatic carbocycles. The Morgan fingerprint density at radius 3 is 2.80 bits per heavy atom. The number of ether oxygens (including phenoxy) is 1. The molecular formula is C17H18ClN3O4. The molecule has 0 radical (unpaired) electrons. The van der Waals surface area contributed by atoms with Crippen LogP contribution in [0, 0.1) is 0 Å². The van der Waals surface area contributed by atoms with Crippen molar-refractivity contribution in [1.29, 1.82) is 0 Å². The average Bonchev–Trinajstić information content (AvgIpc) is 3.02. The maximum absolute atomic E-state index is 11.6. The summed E-state index contributed by atoms with van der Waals surface area (Å²) >= 11 is 5.94. The van der Waals surface area contributed by atoms with Gasteiger partial charge in [0.25, 0.3) is 0 Å². The zero-order chi connectivity index (χ0) is 17.8. The number of aliphatic carboxylic acids is 1. The van der Waals surface area contributed by atoms with Gasteiger partial charge in [-0.25, -0.2) is 4.98 Å². The lowest BCUT2D eigenvalue weighted by molar-refractivity contribution is -0.138. The maximum atomic E-state index is 11.6. The number of amides is 1. The van der Waals surface area contributed by atoms with E-state index in [1.54, 1.807) is 6.20 Å². The normalized spacial score (nSPS) is 16.3. The number of nitrogens with one attached hydrogen (secondary N) is 1. The lowest BCUT2D eigenvalue weighted by atomic mass is 10.1. The van der Waals surface area contributed by atoms with E-state index in [1.807, 2.05) is 24.3 Å². The Labute approximate surface area is 149 Å². The van der Waals surface area contributed by atoms with Crippen LogP contribution < -0.4 is 5.32 Å². The zero-order valence-electron chi connectivity index (χ0n) is 13.4. The Kier molecular flexibility index (Phi) is 5.35. The molecule has 25 heavy (non-hydrogen) atoms. The number of benzene rings is 1. The SMILES string of the molecule is O=C(O)CCC(=O)NCC1Cn2c(-c3ccc(Cl)cc3)cnc2CO1. The molecule has 0 fully saturated rings. The van der Waals surface area contributed by atoms with Crippen molar-refractivity contribution < 1.29 is 19.4 Å². The lowest BCUT2D eigenvalue weighted by Gasteiger charge is -2.26. The van der Waals surface area contributed by atoms with Gasteiger partial charge in [0.1, 0.15) is 12.4 Å². The molecule has 1 aliphatic heterocycles. The number of carbonyl (C=O) groups excluding carboxylic acids is 1. The van der Waals surface area contributed by atoms with Gasteiger partial charge in [0.2, 0.25) is 5.91 Å². The smallest absolute Gasteiger partial charge is 0.303 e. The van der Waals surface area contributed by atoms with Crippen LogP contribution in [0.5, 0.6) is 0 Å². The van der Waals surface area contributed by atoms with E-state index in [0.717, 1.165) is 17.1 Å². The van der Waals surface area contributed by atoms with Crippen LogP contribution in [0.3, 0.4) is 0 Å². The van der Waals surface area contributed by atoms with Crippen molar-refractivity contribution in [1.82, 2.24) is 14.9 Å². The van der Waals surface area contributed by atoms with E-state index in [0.29, 0.717) is 24.7 Å². The fourth-order valence-corrected chi connectivity index (χ4v) is 2.82. The Balaban J connectivity index is 1.63. The topological polar surface area (TPSA) is 93.4 Å². The van der Waals surface area contributed by atoms with Crippen LogP contribution in [0.1, 0.15) is 18.7 Å². The molecule has 1 aliphatic rings. The molecule has 0 spiro atoms. The minimum Gasteiger partial charge on any atom is -0.481 e. The predicted molar refractivity (Wildman–Crippen MR) is 91.1 cm³/mol. The summed E-state index contributed by atoms with van der Waals surface area (Å²) in [5, 5.41) is 12.0. The molecule has 1 atom stereocenters. The van der Waals surface area contributed by atoms with Crippen LogP contribution in [0.4, 0.5) is 0 Å². The van der Waals surface area contributed by atoms with Gasteiger partial charge in [-0.2, -0.15) is 0 Å². The van der Waals surface area contributed by atoms with Crippen LogP contribution in [0.25, 0.3) is 11.3 Å². The Bertz CT molecular complexity index is 773.